The molecule has 0 saturated carbocycles. The highest BCUT2D eigenvalue weighted by atomic mass is 32.2. The van der Waals surface area contributed by atoms with E-state index in [9.17, 15) is 8.78 Å². The fourth-order valence-electron chi connectivity index (χ4n) is 1.43. The van der Waals surface area contributed by atoms with Crippen LogP contribution in [0.1, 0.15) is 25.8 Å². The van der Waals surface area contributed by atoms with Gasteiger partial charge in [0.1, 0.15) is 11.6 Å². The molecule has 0 aliphatic heterocycles. The zero-order valence-electron chi connectivity index (χ0n) is 10.2. The number of rotatable bonds is 6. The quantitative estimate of drug-likeness (QED) is 0.847. The van der Waals surface area contributed by atoms with E-state index >= 15 is 0 Å². The van der Waals surface area contributed by atoms with Crippen LogP contribution in [-0.4, -0.2) is 17.0 Å². The van der Waals surface area contributed by atoms with Crippen molar-refractivity contribution < 1.29 is 8.78 Å². The molecule has 2 unspecified atom stereocenters. The third-order valence-corrected chi connectivity index (χ3v) is 4.19. The Morgan fingerprint density at radius 2 is 2.06 bits per heavy atom. The Kier molecular flexibility index (Phi) is 5.92. The molecule has 0 spiro atoms. The molecule has 0 aliphatic carbocycles. The van der Waals surface area contributed by atoms with Crippen LogP contribution < -0.4 is 5.73 Å². The van der Waals surface area contributed by atoms with Crippen LogP contribution in [0.2, 0.25) is 0 Å². The molecule has 0 heterocycles. The average Bonchev–Trinajstić information content (AvgIpc) is 2.29. The van der Waals surface area contributed by atoms with Crippen molar-refractivity contribution >= 4 is 11.8 Å². The van der Waals surface area contributed by atoms with Gasteiger partial charge in [0.2, 0.25) is 0 Å². The second kappa shape index (κ2) is 6.97. The lowest BCUT2D eigenvalue weighted by Crippen LogP contribution is -2.27. The van der Waals surface area contributed by atoms with E-state index in [-0.39, 0.29) is 6.04 Å². The summed E-state index contributed by atoms with van der Waals surface area (Å²) in [5, 5.41) is 0.569. The van der Waals surface area contributed by atoms with Gasteiger partial charge in [-0.15, -0.1) is 0 Å². The molecule has 1 aromatic carbocycles. The highest BCUT2D eigenvalue weighted by molar-refractivity contribution is 7.99. The van der Waals surface area contributed by atoms with Gasteiger partial charge in [-0.05, 0) is 24.5 Å². The van der Waals surface area contributed by atoms with Crippen LogP contribution in [0.25, 0.3) is 0 Å². The van der Waals surface area contributed by atoms with Gasteiger partial charge in [0.05, 0.1) is 0 Å². The van der Waals surface area contributed by atoms with Crippen LogP contribution in [0.3, 0.4) is 0 Å². The molecule has 0 aliphatic rings. The van der Waals surface area contributed by atoms with Crippen molar-refractivity contribution in [3.8, 4) is 0 Å². The highest BCUT2D eigenvalue weighted by Gasteiger charge is 2.10. The van der Waals surface area contributed by atoms with E-state index in [4.69, 9.17) is 5.73 Å². The van der Waals surface area contributed by atoms with E-state index in [1.54, 1.807) is 11.8 Å². The van der Waals surface area contributed by atoms with Gasteiger partial charge in [-0.1, -0.05) is 19.9 Å². The number of hydrogen-bond acceptors (Lipinski definition) is 2. The molecular weight excluding hydrogens is 240 g/mol. The van der Waals surface area contributed by atoms with Gasteiger partial charge in [-0.2, -0.15) is 11.8 Å². The summed E-state index contributed by atoms with van der Waals surface area (Å²) in [7, 11) is 0. The maximum Gasteiger partial charge on any atom is 0.129 e. The van der Waals surface area contributed by atoms with Gasteiger partial charge >= 0.3 is 0 Å². The third kappa shape index (κ3) is 5.04. The number of halogens is 2. The zero-order valence-corrected chi connectivity index (χ0v) is 11.1. The van der Waals surface area contributed by atoms with Crippen molar-refractivity contribution in [1.29, 1.82) is 0 Å². The largest absolute Gasteiger partial charge is 0.327 e. The van der Waals surface area contributed by atoms with Gasteiger partial charge in [-0.3, -0.25) is 0 Å². The summed E-state index contributed by atoms with van der Waals surface area (Å²) in [6, 6.07) is 3.56. The van der Waals surface area contributed by atoms with Crippen LogP contribution in [0.5, 0.6) is 0 Å². The number of thioether (sulfide) groups is 1. The van der Waals surface area contributed by atoms with Crippen LogP contribution in [0.15, 0.2) is 18.2 Å². The van der Waals surface area contributed by atoms with E-state index < -0.39 is 11.6 Å². The average molecular weight is 259 g/mol. The SMILES string of the molecule is CCC(C)SCC(N)Cc1ccc(F)cc1F. The Hall–Kier alpha value is -0.610. The third-order valence-electron chi connectivity index (χ3n) is 2.67. The van der Waals surface area contributed by atoms with E-state index in [1.807, 2.05) is 0 Å². The van der Waals surface area contributed by atoms with Crippen molar-refractivity contribution in [2.45, 2.75) is 38.0 Å². The second-order valence-electron chi connectivity index (χ2n) is 4.25. The monoisotopic (exact) mass is 259 g/mol. The molecular formula is C13H19F2NS. The zero-order chi connectivity index (χ0) is 12.8. The number of nitrogens with two attached hydrogens (primary N) is 1. The summed E-state index contributed by atoms with van der Waals surface area (Å²) in [6.45, 7) is 4.28. The smallest absolute Gasteiger partial charge is 0.129 e. The Morgan fingerprint density at radius 1 is 1.35 bits per heavy atom. The Bertz CT molecular complexity index is 357. The molecule has 1 aromatic rings. The first-order chi connectivity index (χ1) is 8.02. The van der Waals surface area contributed by atoms with Crippen LogP contribution in [0, 0.1) is 11.6 Å². The maximum absolute atomic E-state index is 13.4. The summed E-state index contributed by atoms with van der Waals surface area (Å²) < 4.78 is 26.1. The Labute approximate surface area is 106 Å². The number of hydrogen-bond donors (Lipinski definition) is 1. The minimum Gasteiger partial charge on any atom is -0.327 e. The summed E-state index contributed by atoms with van der Waals surface area (Å²) in [6.07, 6.45) is 1.55. The Balaban J connectivity index is 2.47. The van der Waals surface area contributed by atoms with E-state index in [0.717, 1.165) is 18.2 Å². The van der Waals surface area contributed by atoms with Crippen LogP contribution >= 0.6 is 11.8 Å². The lowest BCUT2D eigenvalue weighted by molar-refractivity contribution is 0.565. The fraction of sp³-hybridized carbons (Fsp3) is 0.538. The van der Waals surface area contributed by atoms with E-state index in [0.29, 0.717) is 17.2 Å². The van der Waals surface area contributed by atoms with E-state index in [1.165, 1.54) is 12.1 Å². The van der Waals surface area contributed by atoms with Crippen LogP contribution in [-0.2, 0) is 6.42 Å². The molecule has 1 nitrogen and oxygen atoms in total. The molecule has 0 radical (unpaired) electrons. The van der Waals surface area contributed by atoms with Gasteiger partial charge in [0.15, 0.2) is 0 Å². The molecule has 0 saturated heterocycles. The maximum atomic E-state index is 13.4. The lowest BCUT2D eigenvalue weighted by Gasteiger charge is -2.14. The Morgan fingerprint density at radius 3 is 2.65 bits per heavy atom. The van der Waals surface area contributed by atoms with Gasteiger partial charge in [-0.25, -0.2) is 8.78 Å². The normalized spacial score (nSPS) is 14.6. The van der Waals surface area contributed by atoms with Crippen molar-refractivity contribution in [3.05, 3.63) is 35.4 Å². The minimum atomic E-state index is -0.547. The molecule has 0 bridgehead atoms. The van der Waals surface area contributed by atoms with Crippen LogP contribution in [0.4, 0.5) is 8.78 Å². The first kappa shape index (κ1) is 14.5. The molecule has 2 atom stereocenters. The molecule has 2 N–H and O–H groups in total. The second-order valence-corrected chi connectivity index (χ2v) is 5.72. The van der Waals surface area contributed by atoms with Gasteiger partial charge in [0, 0.05) is 23.1 Å². The lowest BCUT2D eigenvalue weighted by atomic mass is 10.1. The molecule has 1 rings (SSSR count). The van der Waals surface area contributed by atoms with Crippen molar-refractivity contribution in [2.24, 2.45) is 5.73 Å². The molecule has 96 valence electrons. The summed E-state index contributed by atoms with van der Waals surface area (Å²) in [5.41, 5.74) is 6.42. The molecule has 0 aromatic heterocycles. The molecule has 17 heavy (non-hydrogen) atoms. The standard InChI is InChI=1S/C13H19F2NS/c1-3-9(2)17-8-12(16)6-10-4-5-11(14)7-13(10)15/h4-5,7,9,12H,3,6,8,16H2,1-2H3. The van der Waals surface area contributed by atoms with E-state index in [2.05, 4.69) is 13.8 Å². The molecule has 4 heteroatoms. The topological polar surface area (TPSA) is 26.0 Å². The summed E-state index contributed by atoms with van der Waals surface area (Å²) in [4.78, 5) is 0. The molecule has 0 amide bonds. The highest BCUT2D eigenvalue weighted by Crippen LogP contribution is 2.17. The van der Waals surface area contributed by atoms with Crippen molar-refractivity contribution in [2.75, 3.05) is 5.75 Å². The predicted molar refractivity (Wildman–Crippen MR) is 70.2 cm³/mol. The first-order valence-corrected chi connectivity index (χ1v) is 6.89. The van der Waals surface area contributed by atoms with Gasteiger partial charge in [0.25, 0.3) is 0 Å². The van der Waals surface area contributed by atoms with Crippen molar-refractivity contribution in [3.63, 3.8) is 0 Å². The summed E-state index contributed by atoms with van der Waals surface area (Å²) in [5.74, 6) is -0.256. The predicted octanol–water partition coefficient (Wildman–Crippen LogP) is 3.37. The minimum absolute atomic E-state index is 0.0889. The first-order valence-electron chi connectivity index (χ1n) is 5.84. The number of benzene rings is 1. The van der Waals surface area contributed by atoms with Crippen molar-refractivity contribution in [1.82, 2.24) is 0 Å². The molecule has 0 fully saturated rings. The summed E-state index contributed by atoms with van der Waals surface area (Å²) >= 11 is 1.79. The fourth-order valence-corrected chi connectivity index (χ4v) is 2.36. The van der Waals surface area contributed by atoms with Gasteiger partial charge < -0.3 is 5.73 Å².